The molecule has 19 heavy (non-hydrogen) atoms. The molecule has 0 aliphatic heterocycles. The smallest absolute Gasteiger partial charge is 0.288 e. The third-order valence-electron chi connectivity index (χ3n) is 3.32. The fourth-order valence-electron chi connectivity index (χ4n) is 2.20. The number of halogens is 1. The predicted octanol–water partition coefficient (Wildman–Crippen LogP) is 3.17. The fourth-order valence-corrected chi connectivity index (χ4v) is 2.48. The molecule has 0 spiro atoms. The molecule has 1 fully saturated rings. The van der Waals surface area contributed by atoms with Gasteiger partial charge in [0.2, 0.25) is 0 Å². The molecule has 1 aliphatic rings. The van der Waals surface area contributed by atoms with Crippen LogP contribution in [-0.4, -0.2) is 16.9 Å². The van der Waals surface area contributed by atoms with Gasteiger partial charge in [-0.15, -0.1) is 0 Å². The first-order valence-corrected chi connectivity index (χ1v) is 6.66. The maximum atomic E-state index is 12.0. The van der Waals surface area contributed by atoms with Gasteiger partial charge in [-0.25, -0.2) is 0 Å². The second-order valence-corrected chi connectivity index (χ2v) is 5.14. The number of nitrogens with zero attached hydrogens (tertiary/aromatic N) is 1. The summed E-state index contributed by atoms with van der Waals surface area (Å²) in [6, 6.07) is 4.44. The molecule has 1 amide bonds. The van der Waals surface area contributed by atoms with Gasteiger partial charge in [0.25, 0.3) is 11.6 Å². The van der Waals surface area contributed by atoms with E-state index < -0.39 is 4.92 Å². The van der Waals surface area contributed by atoms with Crippen molar-refractivity contribution >= 4 is 23.2 Å². The van der Waals surface area contributed by atoms with Gasteiger partial charge < -0.3 is 5.32 Å². The molecule has 6 heteroatoms. The number of rotatable bonds is 5. The summed E-state index contributed by atoms with van der Waals surface area (Å²) in [4.78, 5) is 22.2. The second-order valence-electron chi connectivity index (χ2n) is 4.76. The first-order valence-electron chi connectivity index (χ1n) is 6.28. The van der Waals surface area contributed by atoms with Crippen LogP contribution in [0, 0.1) is 16.0 Å². The molecule has 2 rings (SSSR count). The van der Waals surface area contributed by atoms with Crippen LogP contribution in [0.5, 0.6) is 0 Å². The van der Waals surface area contributed by atoms with Crippen molar-refractivity contribution in [3.05, 3.63) is 38.9 Å². The monoisotopic (exact) mass is 282 g/mol. The summed E-state index contributed by atoms with van der Waals surface area (Å²) < 4.78 is 0. The standard InChI is InChI=1S/C13H15ClN2O3/c1-2-4-8-7-10(8)15-13(17)9-5-3-6-11(12(9)14)16(18)19/h3,5-6,8,10H,2,4,7H2,1H3,(H,15,17). The Labute approximate surface area is 116 Å². The van der Waals surface area contributed by atoms with E-state index in [1.165, 1.54) is 18.2 Å². The van der Waals surface area contributed by atoms with Crippen molar-refractivity contribution < 1.29 is 9.72 Å². The summed E-state index contributed by atoms with van der Waals surface area (Å²) in [5.74, 6) is 0.198. The zero-order valence-corrected chi connectivity index (χ0v) is 11.3. The van der Waals surface area contributed by atoms with Crippen LogP contribution in [-0.2, 0) is 0 Å². The molecule has 0 radical (unpaired) electrons. The van der Waals surface area contributed by atoms with Crippen molar-refractivity contribution in [3.63, 3.8) is 0 Å². The Bertz CT molecular complexity index is 519. The number of benzene rings is 1. The number of amides is 1. The van der Waals surface area contributed by atoms with E-state index in [0.717, 1.165) is 19.3 Å². The van der Waals surface area contributed by atoms with Gasteiger partial charge in [0.05, 0.1) is 10.5 Å². The van der Waals surface area contributed by atoms with Gasteiger partial charge in [0.1, 0.15) is 5.02 Å². The molecule has 1 N–H and O–H groups in total. The summed E-state index contributed by atoms with van der Waals surface area (Å²) in [6.07, 6.45) is 3.16. The van der Waals surface area contributed by atoms with E-state index in [0.29, 0.717) is 5.92 Å². The minimum absolute atomic E-state index is 0.0994. The number of hydrogen-bond acceptors (Lipinski definition) is 3. The summed E-state index contributed by atoms with van der Waals surface area (Å²) >= 11 is 5.90. The van der Waals surface area contributed by atoms with Crippen LogP contribution in [0.4, 0.5) is 5.69 Å². The highest BCUT2D eigenvalue weighted by atomic mass is 35.5. The van der Waals surface area contributed by atoms with Gasteiger partial charge >= 0.3 is 0 Å². The van der Waals surface area contributed by atoms with Gasteiger partial charge in [0, 0.05) is 12.1 Å². The van der Waals surface area contributed by atoms with Crippen LogP contribution in [0.3, 0.4) is 0 Å². The molecule has 1 aromatic carbocycles. The highest BCUT2D eigenvalue weighted by Gasteiger charge is 2.37. The Morgan fingerprint density at radius 3 is 2.95 bits per heavy atom. The topological polar surface area (TPSA) is 72.2 Å². The minimum atomic E-state index is -0.587. The molecule has 0 heterocycles. The molecule has 5 nitrogen and oxygen atoms in total. The molecule has 0 saturated heterocycles. The summed E-state index contributed by atoms with van der Waals surface area (Å²) in [6.45, 7) is 2.11. The highest BCUT2D eigenvalue weighted by molar-refractivity contribution is 6.35. The lowest BCUT2D eigenvalue weighted by Crippen LogP contribution is -2.27. The molecule has 2 unspecified atom stereocenters. The Balaban J connectivity index is 2.08. The molecular formula is C13H15ClN2O3. The molecule has 2 atom stereocenters. The van der Waals surface area contributed by atoms with Crippen molar-refractivity contribution in [3.8, 4) is 0 Å². The van der Waals surface area contributed by atoms with Gasteiger partial charge in [-0.2, -0.15) is 0 Å². The summed E-state index contributed by atoms with van der Waals surface area (Å²) in [7, 11) is 0. The Morgan fingerprint density at radius 1 is 1.58 bits per heavy atom. The van der Waals surface area contributed by atoms with Crippen LogP contribution < -0.4 is 5.32 Å². The van der Waals surface area contributed by atoms with Crippen molar-refractivity contribution in [2.75, 3.05) is 0 Å². The van der Waals surface area contributed by atoms with E-state index in [1.807, 2.05) is 0 Å². The zero-order valence-electron chi connectivity index (χ0n) is 10.6. The van der Waals surface area contributed by atoms with E-state index in [1.54, 1.807) is 0 Å². The van der Waals surface area contributed by atoms with E-state index in [2.05, 4.69) is 12.2 Å². The summed E-state index contributed by atoms with van der Waals surface area (Å²) in [5, 5.41) is 13.5. The normalized spacial score (nSPS) is 20.9. The van der Waals surface area contributed by atoms with Gasteiger partial charge in [-0.05, 0) is 24.8 Å². The van der Waals surface area contributed by atoms with Crippen LogP contribution in [0.1, 0.15) is 36.5 Å². The fraction of sp³-hybridized carbons (Fsp3) is 0.462. The molecular weight excluding hydrogens is 268 g/mol. The van der Waals surface area contributed by atoms with E-state index >= 15 is 0 Å². The molecule has 1 saturated carbocycles. The van der Waals surface area contributed by atoms with Crippen LogP contribution >= 0.6 is 11.6 Å². The Hall–Kier alpha value is -1.62. The first kappa shape index (κ1) is 13.8. The van der Waals surface area contributed by atoms with Gasteiger partial charge in [-0.1, -0.05) is 31.0 Å². The zero-order chi connectivity index (χ0) is 14.0. The Kier molecular flexibility index (Phi) is 4.04. The van der Waals surface area contributed by atoms with Crippen LogP contribution in [0.25, 0.3) is 0 Å². The van der Waals surface area contributed by atoms with Crippen molar-refractivity contribution in [1.29, 1.82) is 0 Å². The van der Waals surface area contributed by atoms with Crippen molar-refractivity contribution in [2.45, 2.75) is 32.2 Å². The predicted molar refractivity (Wildman–Crippen MR) is 72.4 cm³/mol. The van der Waals surface area contributed by atoms with E-state index in [-0.39, 0.29) is 28.2 Å². The molecule has 0 bridgehead atoms. The number of nitro groups is 1. The molecule has 0 aromatic heterocycles. The average molecular weight is 283 g/mol. The minimum Gasteiger partial charge on any atom is -0.349 e. The maximum absolute atomic E-state index is 12.0. The van der Waals surface area contributed by atoms with Crippen molar-refractivity contribution in [1.82, 2.24) is 5.32 Å². The van der Waals surface area contributed by atoms with Gasteiger partial charge in [-0.3, -0.25) is 14.9 Å². The lowest BCUT2D eigenvalue weighted by molar-refractivity contribution is -0.384. The van der Waals surface area contributed by atoms with Crippen LogP contribution in [0.2, 0.25) is 5.02 Å². The second kappa shape index (κ2) is 5.57. The van der Waals surface area contributed by atoms with Crippen molar-refractivity contribution in [2.24, 2.45) is 5.92 Å². The molecule has 1 aliphatic carbocycles. The number of carbonyl (C=O) groups is 1. The summed E-state index contributed by atoms with van der Waals surface area (Å²) in [5.41, 5.74) is -0.0757. The number of carbonyl (C=O) groups excluding carboxylic acids is 1. The number of nitrogens with one attached hydrogen (secondary N) is 1. The molecule has 1 aromatic rings. The number of hydrogen-bond donors (Lipinski definition) is 1. The first-order chi connectivity index (χ1) is 9.04. The SMILES string of the molecule is CCCC1CC1NC(=O)c1cccc([N+](=O)[O-])c1Cl. The van der Waals surface area contributed by atoms with E-state index in [4.69, 9.17) is 11.6 Å². The quantitative estimate of drug-likeness (QED) is 0.666. The molecule has 102 valence electrons. The largest absolute Gasteiger partial charge is 0.349 e. The average Bonchev–Trinajstić information content (AvgIpc) is 3.07. The third-order valence-corrected chi connectivity index (χ3v) is 3.72. The lowest BCUT2D eigenvalue weighted by atomic mass is 10.2. The van der Waals surface area contributed by atoms with Crippen LogP contribution in [0.15, 0.2) is 18.2 Å². The lowest BCUT2D eigenvalue weighted by Gasteiger charge is -2.06. The maximum Gasteiger partial charge on any atom is 0.288 e. The van der Waals surface area contributed by atoms with Gasteiger partial charge in [0.15, 0.2) is 0 Å². The van der Waals surface area contributed by atoms with E-state index in [9.17, 15) is 14.9 Å². The highest BCUT2D eigenvalue weighted by Crippen LogP contribution is 2.35. The Morgan fingerprint density at radius 2 is 2.32 bits per heavy atom. The third kappa shape index (κ3) is 3.04. The number of nitro benzene ring substituents is 1.